The summed E-state index contributed by atoms with van der Waals surface area (Å²) in [5.41, 5.74) is 3.14. The molecular formula is C16H16N2O2. The molecule has 102 valence electrons. The van der Waals surface area contributed by atoms with Crippen molar-refractivity contribution in [3.63, 3.8) is 0 Å². The SMILES string of the molecule is Cc1cc(C#N)cc(C)c1Oc1ccc([C@@H](C)O)cn1. The zero-order valence-electron chi connectivity index (χ0n) is 11.7. The highest BCUT2D eigenvalue weighted by Gasteiger charge is 2.09. The van der Waals surface area contributed by atoms with Gasteiger partial charge in [-0.2, -0.15) is 5.26 Å². The van der Waals surface area contributed by atoms with Gasteiger partial charge in [-0.1, -0.05) is 0 Å². The number of pyridine rings is 1. The Bertz CT molecular complexity index is 632. The van der Waals surface area contributed by atoms with E-state index >= 15 is 0 Å². The van der Waals surface area contributed by atoms with Crippen molar-refractivity contribution in [2.75, 3.05) is 0 Å². The van der Waals surface area contributed by atoms with E-state index in [-0.39, 0.29) is 0 Å². The van der Waals surface area contributed by atoms with Gasteiger partial charge in [0.1, 0.15) is 5.75 Å². The molecule has 0 amide bonds. The molecule has 4 heteroatoms. The van der Waals surface area contributed by atoms with Gasteiger partial charge in [-0.05, 0) is 55.7 Å². The maximum Gasteiger partial charge on any atom is 0.219 e. The summed E-state index contributed by atoms with van der Waals surface area (Å²) >= 11 is 0. The number of ether oxygens (including phenoxy) is 1. The minimum atomic E-state index is -0.546. The van der Waals surface area contributed by atoms with Gasteiger partial charge < -0.3 is 9.84 Å². The van der Waals surface area contributed by atoms with Gasteiger partial charge >= 0.3 is 0 Å². The number of aliphatic hydroxyl groups excluding tert-OH is 1. The zero-order chi connectivity index (χ0) is 14.7. The molecule has 20 heavy (non-hydrogen) atoms. The lowest BCUT2D eigenvalue weighted by Gasteiger charge is -2.12. The Balaban J connectivity index is 2.28. The average molecular weight is 268 g/mol. The van der Waals surface area contributed by atoms with E-state index in [1.807, 2.05) is 13.8 Å². The van der Waals surface area contributed by atoms with Crippen LogP contribution in [0.2, 0.25) is 0 Å². The molecule has 2 rings (SSSR count). The number of hydrogen-bond acceptors (Lipinski definition) is 4. The van der Waals surface area contributed by atoms with Crippen molar-refractivity contribution in [1.29, 1.82) is 5.26 Å². The molecule has 0 radical (unpaired) electrons. The molecule has 0 spiro atoms. The summed E-state index contributed by atoms with van der Waals surface area (Å²) in [5, 5.41) is 18.4. The van der Waals surface area contributed by atoms with Gasteiger partial charge in [0.2, 0.25) is 5.88 Å². The molecule has 1 heterocycles. The van der Waals surface area contributed by atoms with Gasteiger partial charge in [-0.25, -0.2) is 4.98 Å². The van der Waals surface area contributed by atoms with Crippen LogP contribution in [-0.2, 0) is 0 Å². The second-order valence-electron chi connectivity index (χ2n) is 4.76. The van der Waals surface area contributed by atoms with Crippen LogP contribution in [0.4, 0.5) is 0 Å². The van der Waals surface area contributed by atoms with E-state index in [2.05, 4.69) is 11.1 Å². The van der Waals surface area contributed by atoms with Crippen LogP contribution < -0.4 is 4.74 Å². The summed E-state index contributed by atoms with van der Waals surface area (Å²) < 4.78 is 5.77. The summed E-state index contributed by atoms with van der Waals surface area (Å²) in [4.78, 5) is 4.17. The molecule has 1 aromatic carbocycles. The predicted molar refractivity (Wildman–Crippen MR) is 75.6 cm³/mol. The molecule has 1 aromatic heterocycles. The number of hydrogen-bond donors (Lipinski definition) is 1. The standard InChI is InChI=1S/C16H16N2O2/c1-10-6-13(8-17)7-11(2)16(10)20-15-5-4-14(9-18-15)12(3)19/h4-7,9,12,19H,1-3H3/t12-/m1/s1. The fourth-order valence-electron chi connectivity index (χ4n) is 1.98. The first-order chi connectivity index (χ1) is 9.51. The Morgan fingerprint density at radius 3 is 2.35 bits per heavy atom. The van der Waals surface area contributed by atoms with E-state index in [0.29, 0.717) is 17.2 Å². The van der Waals surface area contributed by atoms with Gasteiger partial charge in [0, 0.05) is 12.3 Å². The first kappa shape index (κ1) is 14.0. The summed E-state index contributed by atoms with van der Waals surface area (Å²) in [6, 6.07) is 9.19. The zero-order valence-corrected chi connectivity index (χ0v) is 11.7. The molecule has 0 saturated heterocycles. The molecule has 0 aliphatic rings. The molecule has 1 atom stereocenters. The molecule has 1 N–H and O–H groups in total. The van der Waals surface area contributed by atoms with Crippen LogP contribution in [0.3, 0.4) is 0 Å². The van der Waals surface area contributed by atoms with Gasteiger partial charge in [0.15, 0.2) is 0 Å². The lowest BCUT2D eigenvalue weighted by atomic mass is 10.1. The third-order valence-electron chi connectivity index (χ3n) is 3.04. The van der Waals surface area contributed by atoms with Crippen LogP contribution in [0, 0.1) is 25.2 Å². The average Bonchev–Trinajstić information content (AvgIpc) is 2.43. The predicted octanol–water partition coefficient (Wildman–Crippen LogP) is 3.42. The van der Waals surface area contributed by atoms with Crippen LogP contribution in [-0.4, -0.2) is 10.1 Å². The van der Waals surface area contributed by atoms with E-state index in [4.69, 9.17) is 10.00 Å². The first-order valence-corrected chi connectivity index (χ1v) is 6.34. The van der Waals surface area contributed by atoms with Crippen LogP contribution in [0.1, 0.15) is 35.3 Å². The van der Waals surface area contributed by atoms with Crippen LogP contribution in [0.25, 0.3) is 0 Å². The minimum absolute atomic E-state index is 0.463. The fraction of sp³-hybridized carbons (Fsp3) is 0.250. The summed E-state index contributed by atoms with van der Waals surface area (Å²) in [6.45, 7) is 5.48. The summed E-state index contributed by atoms with van der Waals surface area (Å²) in [7, 11) is 0. The van der Waals surface area contributed by atoms with Gasteiger partial charge in [0.25, 0.3) is 0 Å². The van der Waals surface area contributed by atoms with Crippen LogP contribution >= 0.6 is 0 Å². The van der Waals surface area contributed by atoms with Crippen molar-refractivity contribution in [2.24, 2.45) is 0 Å². The monoisotopic (exact) mass is 268 g/mol. The number of nitrogens with zero attached hydrogens (tertiary/aromatic N) is 2. The van der Waals surface area contributed by atoms with E-state index in [0.717, 1.165) is 16.7 Å². The third-order valence-corrected chi connectivity index (χ3v) is 3.04. The van der Waals surface area contributed by atoms with Gasteiger partial charge in [-0.3, -0.25) is 0 Å². The highest BCUT2D eigenvalue weighted by atomic mass is 16.5. The van der Waals surface area contributed by atoms with Crippen molar-refractivity contribution in [3.05, 3.63) is 52.7 Å². The maximum atomic E-state index is 9.44. The molecule has 0 aliphatic heterocycles. The smallest absolute Gasteiger partial charge is 0.219 e. The van der Waals surface area contributed by atoms with Gasteiger partial charge in [0.05, 0.1) is 17.7 Å². The number of aliphatic hydroxyl groups is 1. The molecule has 0 fully saturated rings. The highest BCUT2D eigenvalue weighted by Crippen LogP contribution is 2.29. The molecule has 0 aliphatic carbocycles. The van der Waals surface area contributed by atoms with E-state index in [1.54, 1.807) is 37.4 Å². The Labute approximate surface area is 118 Å². The molecule has 0 saturated carbocycles. The van der Waals surface area contributed by atoms with Crippen LogP contribution in [0.15, 0.2) is 30.5 Å². The third kappa shape index (κ3) is 2.95. The Kier molecular flexibility index (Phi) is 4.02. The Hall–Kier alpha value is -2.38. The summed E-state index contributed by atoms with van der Waals surface area (Å²) in [5.74, 6) is 1.17. The Morgan fingerprint density at radius 1 is 1.25 bits per heavy atom. The van der Waals surface area contributed by atoms with E-state index in [1.165, 1.54) is 0 Å². The molecule has 0 unspecified atom stereocenters. The number of nitriles is 1. The van der Waals surface area contributed by atoms with Crippen molar-refractivity contribution in [2.45, 2.75) is 26.9 Å². The molecule has 4 nitrogen and oxygen atoms in total. The number of rotatable bonds is 3. The van der Waals surface area contributed by atoms with Crippen LogP contribution in [0.5, 0.6) is 11.6 Å². The largest absolute Gasteiger partial charge is 0.438 e. The quantitative estimate of drug-likeness (QED) is 0.926. The second kappa shape index (κ2) is 5.72. The summed E-state index contributed by atoms with van der Waals surface area (Å²) in [6.07, 6.45) is 1.05. The lowest BCUT2D eigenvalue weighted by Crippen LogP contribution is -1.96. The van der Waals surface area contributed by atoms with Crippen molar-refractivity contribution >= 4 is 0 Å². The van der Waals surface area contributed by atoms with Crippen molar-refractivity contribution < 1.29 is 9.84 Å². The lowest BCUT2D eigenvalue weighted by molar-refractivity contribution is 0.198. The highest BCUT2D eigenvalue weighted by molar-refractivity contribution is 5.48. The van der Waals surface area contributed by atoms with Gasteiger partial charge in [-0.15, -0.1) is 0 Å². The van der Waals surface area contributed by atoms with E-state index < -0.39 is 6.10 Å². The molecule has 2 aromatic rings. The fourth-order valence-corrected chi connectivity index (χ4v) is 1.98. The number of aromatic nitrogens is 1. The first-order valence-electron chi connectivity index (χ1n) is 6.34. The second-order valence-corrected chi connectivity index (χ2v) is 4.76. The molecule has 0 bridgehead atoms. The topological polar surface area (TPSA) is 66.1 Å². The Morgan fingerprint density at radius 2 is 1.90 bits per heavy atom. The number of aryl methyl sites for hydroxylation is 2. The minimum Gasteiger partial charge on any atom is -0.438 e. The van der Waals surface area contributed by atoms with Crippen molar-refractivity contribution in [3.8, 4) is 17.7 Å². The van der Waals surface area contributed by atoms with E-state index in [9.17, 15) is 5.11 Å². The number of benzene rings is 1. The maximum absolute atomic E-state index is 9.44. The van der Waals surface area contributed by atoms with Crippen molar-refractivity contribution in [1.82, 2.24) is 4.98 Å². The molecular weight excluding hydrogens is 252 g/mol. The normalized spacial score (nSPS) is 11.8.